The Morgan fingerprint density at radius 3 is 2.67 bits per heavy atom. The highest BCUT2D eigenvalue weighted by Gasteiger charge is 2.22. The van der Waals surface area contributed by atoms with E-state index in [2.05, 4.69) is 72.6 Å². The van der Waals surface area contributed by atoms with Crippen molar-refractivity contribution in [3.63, 3.8) is 0 Å². The summed E-state index contributed by atoms with van der Waals surface area (Å²) in [5.41, 5.74) is 5.52. The lowest BCUT2D eigenvalue weighted by molar-refractivity contribution is 0.604. The predicted octanol–water partition coefficient (Wildman–Crippen LogP) is 4.42. The molecule has 1 N–H and O–H groups in total. The predicted molar refractivity (Wildman–Crippen MR) is 91.4 cm³/mol. The fourth-order valence-electron chi connectivity index (χ4n) is 3.32. The third kappa shape index (κ3) is 2.90. The van der Waals surface area contributed by atoms with Gasteiger partial charge in [0.05, 0.1) is 0 Å². The summed E-state index contributed by atoms with van der Waals surface area (Å²) >= 11 is 0. The van der Waals surface area contributed by atoms with Crippen LogP contribution in [0, 0.1) is 6.92 Å². The number of benzene rings is 2. The van der Waals surface area contributed by atoms with E-state index in [-0.39, 0.29) is 0 Å². The first-order valence-electron chi connectivity index (χ1n) is 7.93. The molecule has 2 heteroatoms. The molecule has 0 amide bonds. The van der Waals surface area contributed by atoms with Crippen molar-refractivity contribution in [1.82, 2.24) is 0 Å². The van der Waals surface area contributed by atoms with Gasteiger partial charge in [0.15, 0.2) is 0 Å². The van der Waals surface area contributed by atoms with E-state index >= 15 is 0 Å². The Morgan fingerprint density at radius 2 is 1.86 bits per heavy atom. The minimum atomic E-state index is 0.613. The minimum Gasteiger partial charge on any atom is -0.385 e. The van der Waals surface area contributed by atoms with Crippen molar-refractivity contribution in [2.75, 3.05) is 29.9 Å². The van der Waals surface area contributed by atoms with E-state index < -0.39 is 0 Å². The summed E-state index contributed by atoms with van der Waals surface area (Å²) in [6.45, 7) is 7.68. The molecule has 0 radical (unpaired) electrons. The molecule has 2 aromatic rings. The molecule has 0 saturated carbocycles. The smallest absolute Gasteiger partial charge is 0.0396 e. The summed E-state index contributed by atoms with van der Waals surface area (Å²) < 4.78 is 0. The molecule has 0 fully saturated rings. The Balaban J connectivity index is 1.84. The van der Waals surface area contributed by atoms with Gasteiger partial charge in [0.1, 0.15) is 0 Å². The van der Waals surface area contributed by atoms with Crippen LogP contribution in [0.3, 0.4) is 0 Å². The minimum absolute atomic E-state index is 0.613. The van der Waals surface area contributed by atoms with Crippen molar-refractivity contribution < 1.29 is 0 Å². The Morgan fingerprint density at radius 1 is 1.10 bits per heavy atom. The van der Waals surface area contributed by atoms with Crippen LogP contribution in [-0.2, 0) is 0 Å². The van der Waals surface area contributed by atoms with Crippen molar-refractivity contribution in [2.45, 2.75) is 26.2 Å². The highest BCUT2D eigenvalue weighted by molar-refractivity contribution is 5.57. The number of nitrogens with one attached hydrogen (secondary N) is 1. The first-order chi connectivity index (χ1) is 10.3. The fraction of sp³-hybridized carbons (Fsp3) is 0.368. The summed E-state index contributed by atoms with van der Waals surface area (Å²) in [5, 5.41) is 3.52. The van der Waals surface area contributed by atoms with Crippen LogP contribution in [0.1, 0.15) is 30.4 Å². The summed E-state index contributed by atoms with van der Waals surface area (Å²) in [5.74, 6) is 0.613. The maximum atomic E-state index is 3.52. The van der Waals surface area contributed by atoms with E-state index in [4.69, 9.17) is 0 Å². The molecule has 0 saturated heterocycles. The Labute approximate surface area is 127 Å². The normalized spacial score (nSPS) is 17.0. The third-order valence-electron chi connectivity index (χ3n) is 4.49. The highest BCUT2D eigenvalue weighted by atomic mass is 15.1. The van der Waals surface area contributed by atoms with Crippen molar-refractivity contribution in [3.8, 4) is 0 Å². The monoisotopic (exact) mass is 280 g/mol. The molecule has 1 atom stereocenters. The van der Waals surface area contributed by atoms with Gasteiger partial charge in [-0.05, 0) is 43.5 Å². The summed E-state index contributed by atoms with van der Waals surface area (Å²) in [6, 6.07) is 17.5. The lowest BCUT2D eigenvalue weighted by Gasteiger charge is -2.33. The number of fused-ring (bicyclic) bond motifs is 1. The fourth-order valence-corrected chi connectivity index (χ4v) is 3.32. The van der Waals surface area contributed by atoms with Gasteiger partial charge in [-0.15, -0.1) is 0 Å². The van der Waals surface area contributed by atoms with Gasteiger partial charge in [-0.25, -0.2) is 0 Å². The highest BCUT2D eigenvalue weighted by Crippen LogP contribution is 2.33. The molecule has 110 valence electrons. The van der Waals surface area contributed by atoms with Crippen LogP contribution in [-0.4, -0.2) is 19.6 Å². The van der Waals surface area contributed by atoms with Crippen molar-refractivity contribution in [1.29, 1.82) is 0 Å². The Hall–Kier alpha value is -1.96. The summed E-state index contributed by atoms with van der Waals surface area (Å²) in [7, 11) is 0. The van der Waals surface area contributed by atoms with Gasteiger partial charge in [0.2, 0.25) is 0 Å². The van der Waals surface area contributed by atoms with Crippen LogP contribution in [0.5, 0.6) is 0 Å². The molecular weight excluding hydrogens is 256 g/mol. The number of nitrogens with zero attached hydrogens (tertiary/aromatic N) is 1. The third-order valence-corrected chi connectivity index (χ3v) is 4.49. The van der Waals surface area contributed by atoms with E-state index in [1.54, 1.807) is 0 Å². The van der Waals surface area contributed by atoms with Crippen molar-refractivity contribution in [2.24, 2.45) is 0 Å². The van der Waals surface area contributed by atoms with E-state index in [0.717, 1.165) is 19.6 Å². The van der Waals surface area contributed by atoms with Crippen LogP contribution in [0.4, 0.5) is 11.4 Å². The molecule has 0 bridgehead atoms. The van der Waals surface area contributed by atoms with Crippen LogP contribution in [0.2, 0.25) is 0 Å². The molecular formula is C19H24N2. The van der Waals surface area contributed by atoms with E-state index in [1.165, 1.54) is 28.9 Å². The van der Waals surface area contributed by atoms with Gasteiger partial charge >= 0.3 is 0 Å². The number of likely N-dealkylation sites (N-methyl/N-ethyl adjacent to an activating group) is 1. The topological polar surface area (TPSA) is 15.3 Å². The SMILES string of the molecule is CCN(CC1CCNc2ccccc21)c1ccccc1C. The zero-order valence-electron chi connectivity index (χ0n) is 13.0. The second kappa shape index (κ2) is 6.21. The molecule has 3 rings (SSSR count). The molecule has 0 aliphatic carbocycles. The van der Waals surface area contributed by atoms with Crippen LogP contribution < -0.4 is 10.2 Å². The Bertz CT molecular complexity index is 606. The number of para-hydroxylation sites is 2. The zero-order chi connectivity index (χ0) is 14.7. The van der Waals surface area contributed by atoms with E-state index in [1.807, 2.05) is 0 Å². The molecule has 0 aromatic heterocycles. The molecule has 1 unspecified atom stereocenters. The maximum absolute atomic E-state index is 3.52. The van der Waals surface area contributed by atoms with Gasteiger partial charge in [0.25, 0.3) is 0 Å². The van der Waals surface area contributed by atoms with Gasteiger partial charge in [-0.2, -0.15) is 0 Å². The van der Waals surface area contributed by atoms with Crippen LogP contribution in [0.15, 0.2) is 48.5 Å². The second-order valence-electron chi connectivity index (χ2n) is 5.82. The average molecular weight is 280 g/mol. The maximum Gasteiger partial charge on any atom is 0.0396 e. The van der Waals surface area contributed by atoms with Crippen molar-refractivity contribution in [3.05, 3.63) is 59.7 Å². The largest absolute Gasteiger partial charge is 0.385 e. The van der Waals surface area contributed by atoms with E-state index in [0.29, 0.717) is 5.92 Å². The summed E-state index contributed by atoms with van der Waals surface area (Å²) in [6.07, 6.45) is 1.21. The first-order valence-corrected chi connectivity index (χ1v) is 7.93. The van der Waals surface area contributed by atoms with E-state index in [9.17, 15) is 0 Å². The average Bonchev–Trinajstić information content (AvgIpc) is 2.53. The molecule has 0 spiro atoms. The van der Waals surface area contributed by atoms with Crippen molar-refractivity contribution >= 4 is 11.4 Å². The summed E-state index contributed by atoms with van der Waals surface area (Å²) in [4.78, 5) is 2.52. The Kier molecular flexibility index (Phi) is 4.14. The quantitative estimate of drug-likeness (QED) is 0.891. The van der Waals surface area contributed by atoms with Crippen LogP contribution in [0.25, 0.3) is 0 Å². The lowest BCUT2D eigenvalue weighted by atomic mass is 9.90. The van der Waals surface area contributed by atoms with Gasteiger partial charge in [0, 0.05) is 36.9 Å². The molecule has 2 aromatic carbocycles. The van der Waals surface area contributed by atoms with Gasteiger partial charge in [-0.3, -0.25) is 0 Å². The lowest BCUT2D eigenvalue weighted by Crippen LogP contribution is -2.31. The molecule has 1 aliphatic rings. The number of hydrogen-bond acceptors (Lipinski definition) is 2. The number of anilines is 2. The second-order valence-corrected chi connectivity index (χ2v) is 5.82. The number of rotatable bonds is 4. The molecule has 1 heterocycles. The first kappa shape index (κ1) is 14.0. The standard InChI is InChI=1S/C19H24N2/c1-3-21(19-11-7-4-8-15(19)2)14-16-12-13-20-18-10-6-5-9-17(16)18/h4-11,16,20H,3,12-14H2,1-2H3. The molecule has 2 nitrogen and oxygen atoms in total. The molecule has 1 aliphatic heterocycles. The zero-order valence-corrected chi connectivity index (χ0v) is 13.0. The number of aryl methyl sites for hydroxylation is 1. The van der Waals surface area contributed by atoms with Gasteiger partial charge < -0.3 is 10.2 Å². The van der Waals surface area contributed by atoms with Gasteiger partial charge in [-0.1, -0.05) is 36.4 Å². The number of hydrogen-bond donors (Lipinski definition) is 1. The van der Waals surface area contributed by atoms with Crippen LogP contribution >= 0.6 is 0 Å². The molecule has 21 heavy (non-hydrogen) atoms.